The van der Waals surface area contributed by atoms with Crippen molar-refractivity contribution < 1.29 is 24.3 Å². The summed E-state index contributed by atoms with van der Waals surface area (Å²) in [5, 5.41) is 17.5. The minimum Gasteiger partial charge on any atom is -0.480 e. The van der Waals surface area contributed by atoms with Gasteiger partial charge in [0.25, 0.3) is 0 Å². The summed E-state index contributed by atoms with van der Waals surface area (Å²) in [6, 6.07) is -3.57. The molecular weight excluding hydrogens is 432 g/mol. The maximum absolute atomic E-state index is 13.0. The first kappa shape index (κ1) is 30.2. The fraction of sp³-hybridized carbons (Fsp3) is 0.818. The molecule has 0 aliphatic heterocycles. The molecule has 0 aromatic heterocycles. The van der Waals surface area contributed by atoms with Crippen LogP contribution < -0.4 is 21.7 Å². The predicted molar refractivity (Wildman–Crippen MR) is 128 cm³/mol. The van der Waals surface area contributed by atoms with Crippen molar-refractivity contribution in [2.24, 2.45) is 23.5 Å². The van der Waals surface area contributed by atoms with Crippen molar-refractivity contribution in [3.63, 3.8) is 0 Å². The zero-order valence-corrected chi connectivity index (χ0v) is 21.3. The minimum atomic E-state index is -1.12. The number of carbonyl (C=O) groups is 4. The van der Waals surface area contributed by atoms with Crippen LogP contribution in [0.1, 0.15) is 60.8 Å². The van der Waals surface area contributed by atoms with E-state index in [4.69, 9.17) is 5.73 Å². The number of nitrogens with two attached hydrogens (primary N) is 1. The smallest absolute Gasteiger partial charge is 0.326 e. The highest BCUT2D eigenvalue weighted by Gasteiger charge is 2.34. The lowest BCUT2D eigenvalue weighted by molar-refractivity contribution is -0.144. The molecule has 32 heavy (non-hydrogen) atoms. The SMILES string of the molecule is CCC(C)C(NC(=O)C(NC(=O)C(NC(=O)C(N)CCSC)C(C)C)C(C)CC)C(=O)O. The Hall–Kier alpha value is -1.81. The summed E-state index contributed by atoms with van der Waals surface area (Å²) >= 11 is 1.58. The highest BCUT2D eigenvalue weighted by Crippen LogP contribution is 2.13. The number of hydrogen-bond donors (Lipinski definition) is 5. The van der Waals surface area contributed by atoms with Gasteiger partial charge in [-0.2, -0.15) is 11.8 Å². The average molecular weight is 475 g/mol. The van der Waals surface area contributed by atoms with Gasteiger partial charge in [0.1, 0.15) is 18.1 Å². The number of aliphatic carboxylic acids is 1. The molecule has 0 aromatic rings. The fourth-order valence-corrected chi connectivity index (χ4v) is 3.53. The molecule has 0 aliphatic rings. The van der Waals surface area contributed by atoms with Crippen LogP contribution in [-0.4, -0.2) is 65.0 Å². The Morgan fingerprint density at radius 3 is 1.69 bits per heavy atom. The van der Waals surface area contributed by atoms with Crippen LogP contribution in [0.25, 0.3) is 0 Å². The summed E-state index contributed by atoms with van der Waals surface area (Å²) in [5.41, 5.74) is 5.92. The van der Waals surface area contributed by atoms with Gasteiger partial charge >= 0.3 is 5.97 Å². The molecule has 0 aromatic carbocycles. The summed E-state index contributed by atoms with van der Waals surface area (Å²) in [5.74, 6) is -2.60. The van der Waals surface area contributed by atoms with Gasteiger partial charge in [-0.25, -0.2) is 4.79 Å². The predicted octanol–water partition coefficient (Wildman–Crippen LogP) is 1.35. The standard InChI is InChI=1S/C22H42N4O5S/c1-8-13(5)17(21(29)26-18(22(30)31)14(6)9-2)25-20(28)16(12(3)4)24-19(27)15(23)10-11-32-7/h12-18H,8-11,23H2,1-7H3,(H,24,27)(H,25,28)(H,26,29)(H,30,31). The van der Waals surface area contributed by atoms with Gasteiger partial charge in [-0.3, -0.25) is 14.4 Å². The fourth-order valence-electron chi connectivity index (χ4n) is 3.04. The van der Waals surface area contributed by atoms with Crippen molar-refractivity contribution in [1.82, 2.24) is 16.0 Å². The summed E-state index contributed by atoms with van der Waals surface area (Å²) in [6.45, 7) is 10.9. The summed E-state index contributed by atoms with van der Waals surface area (Å²) < 4.78 is 0. The van der Waals surface area contributed by atoms with E-state index in [-0.39, 0.29) is 17.8 Å². The summed E-state index contributed by atoms with van der Waals surface area (Å²) in [6.07, 6.45) is 3.59. The molecule has 186 valence electrons. The topological polar surface area (TPSA) is 151 Å². The molecule has 0 spiro atoms. The van der Waals surface area contributed by atoms with Crippen LogP contribution in [0.2, 0.25) is 0 Å². The number of thioether (sulfide) groups is 1. The van der Waals surface area contributed by atoms with Gasteiger partial charge in [0.2, 0.25) is 17.7 Å². The van der Waals surface area contributed by atoms with Crippen molar-refractivity contribution in [2.75, 3.05) is 12.0 Å². The van der Waals surface area contributed by atoms with Crippen LogP contribution in [0.5, 0.6) is 0 Å². The zero-order valence-electron chi connectivity index (χ0n) is 20.4. The third-order valence-electron chi connectivity index (χ3n) is 5.79. The molecule has 0 aliphatic carbocycles. The lowest BCUT2D eigenvalue weighted by Gasteiger charge is -2.30. The molecular formula is C22H42N4O5S. The second-order valence-electron chi connectivity index (χ2n) is 8.70. The largest absolute Gasteiger partial charge is 0.480 e. The normalized spacial score (nSPS) is 16.9. The minimum absolute atomic E-state index is 0.237. The van der Waals surface area contributed by atoms with Crippen molar-refractivity contribution in [2.45, 2.75) is 85.0 Å². The first-order valence-electron chi connectivity index (χ1n) is 11.3. The van der Waals surface area contributed by atoms with E-state index >= 15 is 0 Å². The van der Waals surface area contributed by atoms with Gasteiger partial charge in [0.15, 0.2) is 0 Å². The van der Waals surface area contributed by atoms with E-state index in [0.717, 1.165) is 5.75 Å². The Morgan fingerprint density at radius 1 is 0.812 bits per heavy atom. The van der Waals surface area contributed by atoms with Gasteiger partial charge in [0.05, 0.1) is 6.04 Å². The second-order valence-corrected chi connectivity index (χ2v) is 9.69. The number of amides is 3. The first-order valence-corrected chi connectivity index (χ1v) is 12.7. The van der Waals surface area contributed by atoms with Crippen molar-refractivity contribution in [3.8, 4) is 0 Å². The average Bonchev–Trinajstić information content (AvgIpc) is 2.75. The van der Waals surface area contributed by atoms with Crippen LogP contribution in [0.3, 0.4) is 0 Å². The lowest BCUT2D eigenvalue weighted by Crippen LogP contribution is -2.60. The first-order chi connectivity index (χ1) is 14.9. The van der Waals surface area contributed by atoms with Crippen LogP contribution >= 0.6 is 11.8 Å². The molecule has 0 radical (unpaired) electrons. The molecule has 9 nitrogen and oxygen atoms in total. The highest BCUT2D eigenvalue weighted by atomic mass is 32.2. The third kappa shape index (κ3) is 9.77. The van der Waals surface area contributed by atoms with E-state index in [1.165, 1.54) is 0 Å². The Balaban J connectivity index is 5.48. The Kier molecular flexibility index (Phi) is 14.2. The molecule has 6 atom stereocenters. The number of rotatable bonds is 15. The number of carboxylic acid groups (broad SMARTS) is 1. The molecule has 6 N–H and O–H groups in total. The van der Waals surface area contributed by atoms with Gasteiger partial charge in [-0.1, -0.05) is 54.4 Å². The molecule has 0 saturated carbocycles. The summed E-state index contributed by atoms with van der Waals surface area (Å²) in [4.78, 5) is 50.0. The van der Waals surface area contributed by atoms with Gasteiger partial charge < -0.3 is 26.8 Å². The Labute approximate surface area is 196 Å². The van der Waals surface area contributed by atoms with Crippen LogP contribution in [0.4, 0.5) is 0 Å². The van der Waals surface area contributed by atoms with E-state index in [0.29, 0.717) is 19.3 Å². The van der Waals surface area contributed by atoms with E-state index in [1.807, 2.05) is 27.0 Å². The van der Waals surface area contributed by atoms with E-state index < -0.39 is 47.9 Å². The monoisotopic (exact) mass is 474 g/mol. The zero-order chi connectivity index (χ0) is 25.0. The van der Waals surface area contributed by atoms with Crippen LogP contribution in [0, 0.1) is 17.8 Å². The number of nitrogens with one attached hydrogen (secondary N) is 3. The molecule has 3 amide bonds. The van der Waals surface area contributed by atoms with Gasteiger partial charge in [-0.15, -0.1) is 0 Å². The number of carboxylic acids is 1. The van der Waals surface area contributed by atoms with E-state index in [1.54, 1.807) is 32.5 Å². The quantitative estimate of drug-likeness (QED) is 0.240. The highest BCUT2D eigenvalue weighted by molar-refractivity contribution is 7.98. The number of hydrogen-bond acceptors (Lipinski definition) is 6. The van der Waals surface area contributed by atoms with Gasteiger partial charge in [-0.05, 0) is 36.2 Å². The second kappa shape index (κ2) is 15.1. The Morgan fingerprint density at radius 2 is 1.25 bits per heavy atom. The van der Waals surface area contributed by atoms with Crippen molar-refractivity contribution >= 4 is 35.5 Å². The Bertz CT molecular complexity index is 631. The third-order valence-corrected chi connectivity index (χ3v) is 6.43. The molecule has 0 fully saturated rings. The van der Waals surface area contributed by atoms with E-state index in [2.05, 4.69) is 16.0 Å². The summed E-state index contributed by atoms with van der Waals surface area (Å²) in [7, 11) is 0. The number of carbonyl (C=O) groups excluding carboxylic acids is 3. The molecule has 0 heterocycles. The van der Waals surface area contributed by atoms with Gasteiger partial charge in [0, 0.05) is 0 Å². The van der Waals surface area contributed by atoms with Crippen molar-refractivity contribution in [3.05, 3.63) is 0 Å². The maximum atomic E-state index is 13.0. The molecule has 0 saturated heterocycles. The maximum Gasteiger partial charge on any atom is 0.326 e. The molecule has 10 heteroatoms. The molecule has 6 unspecified atom stereocenters. The van der Waals surface area contributed by atoms with Crippen LogP contribution in [-0.2, 0) is 19.2 Å². The van der Waals surface area contributed by atoms with Crippen molar-refractivity contribution in [1.29, 1.82) is 0 Å². The van der Waals surface area contributed by atoms with E-state index in [9.17, 15) is 24.3 Å². The lowest BCUT2D eigenvalue weighted by atomic mass is 9.94. The van der Waals surface area contributed by atoms with Crippen LogP contribution in [0.15, 0.2) is 0 Å². The molecule has 0 bridgehead atoms. The molecule has 0 rings (SSSR count).